The number of nitrogens with zero attached hydrogens (tertiary/aromatic N) is 1. The maximum Gasteiger partial charge on any atom is 0.186 e. The van der Waals surface area contributed by atoms with Crippen LogP contribution in [0.25, 0.3) is 0 Å². The number of aryl methyl sites for hydroxylation is 1. The summed E-state index contributed by atoms with van der Waals surface area (Å²) in [6.45, 7) is 9.44. The Morgan fingerprint density at radius 1 is 1.47 bits per heavy atom. The van der Waals surface area contributed by atoms with Gasteiger partial charge < -0.3 is 15.0 Å². The number of para-hydroxylation sites is 1. The second-order valence-corrected chi connectivity index (χ2v) is 6.00. The van der Waals surface area contributed by atoms with E-state index in [1.54, 1.807) is 0 Å². The summed E-state index contributed by atoms with van der Waals surface area (Å²) in [6, 6.07) is 6.57. The van der Waals surface area contributed by atoms with Gasteiger partial charge in [-0.1, -0.05) is 25.1 Å². The van der Waals surface area contributed by atoms with Gasteiger partial charge in [-0.15, -0.1) is 0 Å². The lowest BCUT2D eigenvalue weighted by atomic mass is 9.80. The summed E-state index contributed by atoms with van der Waals surface area (Å²) in [7, 11) is 0. The zero-order valence-corrected chi connectivity index (χ0v) is 12.7. The van der Waals surface area contributed by atoms with Crippen molar-refractivity contribution < 1.29 is 4.74 Å². The molecule has 1 aromatic rings. The molecule has 102 valence electrons. The lowest BCUT2D eigenvalue weighted by Gasteiger charge is -2.56. The summed E-state index contributed by atoms with van der Waals surface area (Å²) in [5.74, 6) is 1.36. The highest BCUT2D eigenvalue weighted by atomic mass is 32.1. The van der Waals surface area contributed by atoms with Crippen LogP contribution in [0, 0.1) is 12.8 Å². The van der Waals surface area contributed by atoms with Crippen molar-refractivity contribution in [2.75, 3.05) is 6.54 Å². The van der Waals surface area contributed by atoms with Crippen LogP contribution in [-0.2, 0) is 0 Å². The number of benzene rings is 1. The van der Waals surface area contributed by atoms with Gasteiger partial charge in [0.15, 0.2) is 10.8 Å². The summed E-state index contributed by atoms with van der Waals surface area (Å²) in [4.78, 5) is 2.15. The molecule has 0 aliphatic carbocycles. The van der Waals surface area contributed by atoms with Crippen LogP contribution in [0.1, 0.15) is 37.9 Å². The molecule has 1 saturated heterocycles. The SMILES string of the molecule is CCN1C(=S)NC2c3cccc(C)c3OC1(C)C2C. The second-order valence-electron chi connectivity index (χ2n) is 5.61. The molecule has 3 rings (SSSR count). The molecule has 1 N–H and O–H groups in total. The normalized spacial score (nSPS) is 32.4. The predicted octanol–water partition coefficient (Wildman–Crippen LogP) is 2.99. The molecule has 0 spiro atoms. The van der Waals surface area contributed by atoms with Gasteiger partial charge in [0.1, 0.15) is 5.75 Å². The summed E-state index contributed by atoms with van der Waals surface area (Å²) in [5, 5.41) is 4.28. The maximum absolute atomic E-state index is 6.41. The zero-order chi connectivity index (χ0) is 13.8. The standard InChI is InChI=1S/C15H20N2OS/c1-5-17-14(19)16-12-10(3)15(17,4)18-13-9(2)7-6-8-11(12)13/h6-8,10,12H,5H2,1-4H3,(H,16,19). The van der Waals surface area contributed by atoms with Crippen LogP contribution >= 0.6 is 12.2 Å². The highest BCUT2D eigenvalue weighted by molar-refractivity contribution is 7.80. The van der Waals surface area contributed by atoms with E-state index in [2.05, 4.69) is 56.1 Å². The number of rotatable bonds is 1. The first kappa shape index (κ1) is 12.7. The lowest BCUT2D eigenvalue weighted by Crippen LogP contribution is -2.68. The van der Waals surface area contributed by atoms with Crippen molar-refractivity contribution in [1.82, 2.24) is 10.2 Å². The summed E-state index contributed by atoms with van der Waals surface area (Å²) < 4.78 is 6.41. The van der Waals surface area contributed by atoms with Crippen LogP contribution in [0.5, 0.6) is 5.75 Å². The van der Waals surface area contributed by atoms with Crippen molar-refractivity contribution in [2.24, 2.45) is 5.92 Å². The quantitative estimate of drug-likeness (QED) is 0.797. The third kappa shape index (κ3) is 1.59. The van der Waals surface area contributed by atoms with Crippen LogP contribution in [0.2, 0.25) is 0 Å². The fourth-order valence-electron chi connectivity index (χ4n) is 3.31. The molecule has 0 amide bonds. The van der Waals surface area contributed by atoms with Crippen molar-refractivity contribution in [3.63, 3.8) is 0 Å². The maximum atomic E-state index is 6.41. The molecule has 0 aromatic heterocycles. The molecule has 2 bridgehead atoms. The fraction of sp³-hybridized carbons (Fsp3) is 0.533. The Balaban J connectivity index is 2.18. The molecule has 1 fully saturated rings. The van der Waals surface area contributed by atoms with Gasteiger partial charge in [0.25, 0.3) is 0 Å². The highest BCUT2D eigenvalue weighted by Gasteiger charge is 2.52. The topological polar surface area (TPSA) is 24.5 Å². The van der Waals surface area contributed by atoms with E-state index in [-0.39, 0.29) is 11.8 Å². The van der Waals surface area contributed by atoms with Crippen LogP contribution in [0.3, 0.4) is 0 Å². The third-order valence-corrected chi connectivity index (χ3v) is 4.95. The van der Waals surface area contributed by atoms with Gasteiger partial charge in [0.2, 0.25) is 0 Å². The molecular formula is C15H20N2OS. The van der Waals surface area contributed by atoms with Gasteiger partial charge in [0.05, 0.1) is 6.04 Å². The second kappa shape index (κ2) is 4.10. The molecular weight excluding hydrogens is 256 g/mol. The largest absolute Gasteiger partial charge is 0.467 e. The smallest absolute Gasteiger partial charge is 0.186 e. The van der Waals surface area contributed by atoms with Crippen molar-refractivity contribution in [1.29, 1.82) is 0 Å². The van der Waals surface area contributed by atoms with Gasteiger partial charge in [-0.05, 0) is 38.6 Å². The van der Waals surface area contributed by atoms with E-state index in [1.807, 2.05) is 0 Å². The zero-order valence-electron chi connectivity index (χ0n) is 11.9. The fourth-order valence-corrected chi connectivity index (χ4v) is 3.75. The molecule has 2 aliphatic rings. The molecule has 19 heavy (non-hydrogen) atoms. The first-order chi connectivity index (χ1) is 8.99. The Morgan fingerprint density at radius 3 is 2.89 bits per heavy atom. The number of nitrogens with one attached hydrogen (secondary N) is 1. The number of hydrogen-bond acceptors (Lipinski definition) is 2. The number of hydrogen-bond donors (Lipinski definition) is 1. The molecule has 0 saturated carbocycles. The number of fused-ring (bicyclic) bond motifs is 4. The Kier molecular flexibility index (Phi) is 2.75. The highest BCUT2D eigenvalue weighted by Crippen LogP contribution is 2.48. The predicted molar refractivity (Wildman–Crippen MR) is 80.2 cm³/mol. The molecule has 3 atom stereocenters. The van der Waals surface area contributed by atoms with Gasteiger partial charge in [-0.3, -0.25) is 0 Å². The number of thiocarbonyl (C=S) groups is 1. The van der Waals surface area contributed by atoms with Crippen LogP contribution in [0.15, 0.2) is 18.2 Å². The van der Waals surface area contributed by atoms with Crippen molar-refractivity contribution in [2.45, 2.75) is 39.5 Å². The van der Waals surface area contributed by atoms with Crippen molar-refractivity contribution in [3.8, 4) is 5.75 Å². The lowest BCUT2D eigenvalue weighted by molar-refractivity contribution is -0.109. The van der Waals surface area contributed by atoms with Crippen LogP contribution in [0.4, 0.5) is 0 Å². The van der Waals surface area contributed by atoms with E-state index >= 15 is 0 Å². The minimum absolute atomic E-state index is 0.240. The molecule has 2 heterocycles. The number of ether oxygens (including phenoxy) is 1. The van der Waals surface area contributed by atoms with Gasteiger partial charge in [-0.25, -0.2) is 0 Å². The Bertz CT molecular complexity index is 545. The van der Waals surface area contributed by atoms with Gasteiger partial charge in [-0.2, -0.15) is 0 Å². The van der Waals surface area contributed by atoms with Crippen molar-refractivity contribution in [3.05, 3.63) is 29.3 Å². The Morgan fingerprint density at radius 2 is 2.21 bits per heavy atom. The van der Waals surface area contributed by atoms with Gasteiger partial charge >= 0.3 is 0 Å². The summed E-state index contributed by atoms with van der Waals surface area (Å²) in [6.07, 6.45) is 0. The van der Waals surface area contributed by atoms with E-state index in [1.165, 1.54) is 11.1 Å². The van der Waals surface area contributed by atoms with E-state index in [0.29, 0.717) is 5.92 Å². The minimum atomic E-state index is -0.360. The molecule has 1 aromatic carbocycles. The van der Waals surface area contributed by atoms with E-state index in [9.17, 15) is 0 Å². The monoisotopic (exact) mass is 276 g/mol. The third-order valence-electron chi connectivity index (χ3n) is 4.61. The van der Waals surface area contributed by atoms with Gasteiger partial charge in [0, 0.05) is 18.0 Å². The Labute approximate surface area is 119 Å². The Hall–Kier alpha value is -1.29. The average Bonchev–Trinajstić information content (AvgIpc) is 2.36. The van der Waals surface area contributed by atoms with E-state index < -0.39 is 0 Å². The van der Waals surface area contributed by atoms with E-state index in [0.717, 1.165) is 17.4 Å². The summed E-state index contributed by atoms with van der Waals surface area (Å²) in [5.41, 5.74) is 2.05. The summed E-state index contributed by atoms with van der Waals surface area (Å²) >= 11 is 5.50. The van der Waals surface area contributed by atoms with Crippen molar-refractivity contribution >= 4 is 17.3 Å². The first-order valence-electron chi connectivity index (χ1n) is 6.85. The molecule has 4 heteroatoms. The first-order valence-corrected chi connectivity index (χ1v) is 7.26. The van der Waals surface area contributed by atoms with Crippen LogP contribution in [-0.4, -0.2) is 22.3 Å². The van der Waals surface area contributed by atoms with Crippen LogP contribution < -0.4 is 10.1 Å². The average molecular weight is 276 g/mol. The van der Waals surface area contributed by atoms with E-state index in [4.69, 9.17) is 17.0 Å². The minimum Gasteiger partial charge on any atom is -0.467 e. The molecule has 3 unspecified atom stereocenters. The molecule has 0 radical (unpaired) electrons. The molecule has 3 nitrogen and oxygen atoms in total. The molecule has 2 aliphatic heterocycles.